The van der Waals surface area contributed by atoms with Crippen LogP contribution in [0.25, 0.3) is 0 Å². The monoisotopic (exact) mass is 352 g/mol. The highest BCUT2D eigenvalue weighted by molar-refractivity contribution is 5.61. The number of nitrogens with two attached hydrogens (primary N) is 1. The van der Waals surface area contributed by atoms with E-state index in [2.05, 4.69) is 23.1 Å². The maximum atomic E-state index is 6.47. The first-order valence-electron chi connectivity index (χ1n) is 10.5. The van der Waals surface area contributed by atoms with Crippen molar-refractivity contribution in [2.24, 2.45) is 0 Å². The van der Waals surface area contributed by atoms with Crippen LogP contribution < -0.4 is 10.6 Å². The second kappa shape index (κ2) is 8.20. The van der Waals surface area contributed by atoms with Gasteiger partial charge in [0.2, 0.25) is 0 Å². The van der Waals surface area contributed by atoms with Crippen molar-refractivity contribution in [3.63, 3.8) is 0 Å². The molecule has 3 heteroatoms. The van der Waals surface area contributed by atoms with Gasteiger partial charge < -0.3 is 15.1 Å². The summed E-state index contributed by atoms with van der Waals surface area (Å²) >= 11 is 0. The zero-order valence-corrected chi connectivity index (χ0v) is 15.8. The van der Waals surface area contributed by atoms with Crippen LogP contribution in [0, 0.1) is 0 Å². The standard InChI is InChI=1S/C23H32N2O/c24-23-17-21(14-13-18(23)16-22-12-7-15-26-22)25(19-8-3-1-4-9-19)20-10-5-2-6-11-20/h7,12-15,17,19-20H,1-6,8-11,16,24H2. The van der Waals surface area contributed by atoms with Gasteiger partial charge in [-0.1, -0.05) is 44.6 Å². The normalized spacial score (nSPS) is 19.5. The summed E-state index contributed by atoms with van der Waals surface area (Å²) in [4.78, 5) is 2.76. The van der Waals surface area contributed by atoms with E-state index in [0.717, 1.165) is 23.4 Å². The molecular weight excluding hydrogens is 320 g/mol. The lowest BCUT2D eigenvalue weighted by atomic mass is 9.88. The first kappa shape index (κ1) is 17.5. The van der Waals surface area contributed by atoms with Crippen LogP contribution in [0.15, 0.2) is 41.0 Å². The molecule has 2 aromatic rings. The summed E-state index contributed by atoms with van der Waals surface area (Å²) in [5.74, 6) is 0.973. The molecule has 2 fully saturated rings. The quantitative estimate of drug-likeness (QED) is 0.679. The Morgan fingerprint density at radius 3 is 2.08 bits per heavy atom. The molecule has 0 aliphatic heterocycles. The molecule has 1 aromatic carbocycles. The molecule has 1 aromatic heterocycles. The Labute approximate surface area is 157 Å². The largest absolute Gasteiger partial charge is 0.469 e. The number of hydrogen-bond donors (Lipinski definition) is 1. The van der Waals surface area contributed by atoms with Gasteiger partial charge in [-0.25, -0.2) is 0 Å². The number of furan rings is 1. The summed E-state index contributed by atoms with van der Waals surface area (Å²) in [7, 11) is 0. The molecule has 2 aliphatic rings. The molecule has 3 nitrogen and oxygen atoms in total. The molecule has 0 saturated heterocycles. The van der Waals surface area contributed by atoms with Gasteiger partial charge in [-0.3, -0.25) is 0 Å². The highest BCUT2D eigenvalue weighted by Gasteiger charge is 2.29. The van der Waals surface area contributed by atoms with Crippen molar-refractivity contribution < 1.29 is 4.42 Å². The first-order chi connectivity index (χ1) is 12.8. The molecule has 2 aliphatic carbocycles. The predicted molar refractivity (Wildman–Crippen MR) is 109 cm³/mol. The molecule has 2 N–H and O–H groups in total. The minimum atomic E-state index is 0.696. The van der Waals surface area contributed by atoms with E-state index in [1.807, 2.05) is 12.1 Å². The van der Waals surface area contributed by atoms with E-state index in [4.69, 9.17) is 10.2 Å². The van der Waals surface area contributed by atoms with Crippen LogP contribution in [0.1, 0.15) is 75.5 Å². The molecule has 0 radical (unpaired) electrons. The highest BCUT2D eigenvalue weighted by atomic mass is 16.3. The van der Waals surface area contributed by atoms with Crippen LogP contribution in [0.3, 0.4) is 0 Å². The van der Waals surface area contributed by atoms with Crippen LogP contribution in [0.4, 0.5) is 11.4 Å². The Bertz CT molecular complexity index is 664. The highest BCUT2D eigenvalue weighted by Crippen LogP contribution is 2.35. The Morgan fingerprint density at radius 2 is 1.54 bits per heavy atom. The average Bonchev–Trinajstić information content (AvgIpc) is 3.19. The van der Waals surface area contributed by atoms with Crippen molar-refractivity contribution in [1.82, 2.24) is 0 Å². The lowest BCUT2D eigenvalue weighted by molar-refractivity contribution is 0.340. The van der Waals surface area contributed by atoms with Gasteiger partial charge in [0.05, 0.1) is 6.26 Å². The zero-order valence-electron chi connectivity index (χ0n) is 15.8. The molecule has 0 spiro atoms. The maximum Gasteiger partial charge on any atom is 0.108 e. The van der Waals surface area contributed by atoms with Gasteiger partial charge in [-0.2, -0.15) is 0 Å². The van der Waals surface area contributed by atoms with E-state index in [-0.39, 0.29) is 0 Å². The van der Waals surface area contributed by atoms with Crippen LogP contribution >= 0.6 is 0 Å². The van der Waals surface area contributed by atoms with Gasteiger partial charge in [0, 0.05) is 29.9 Å². The molecule has 0 atom stereocenters. The predicted octanol–water partition coefficient (Wildman–Crippen LogP) is 5.92. The van der Waals surface area contributed by atoms with E-state index in [1.165, 1.54) is 69.9 Å². The Kier molecular flexibility index (Phi) is 5.52. The van der Waals surface area contributed by atoms with Crippen LogP contribution in [0.2, 0.25) is 0 Å². The number of benzene rings is 1. The lowest BCUT2D eigenvalue weighted by Gasteiger charge is -2.43. The molecule has 2 saturated carbocycles. The maximum absolute atomic E-state index is 6.47. The van der Waals surface area contributed by atoms with Gasteiger partial charge in [-0.15, -0.1) is 0 Å². The summed E-state index contributed by atoms with van der Waals surface area (Å²) in [6, 6.07) is 12.1. The van der Waals surface area contributed by atoms with Crippen molar-refractivity contribution >= 4 is 11.4 Å². The number of nitrogen functional groups attached to an aromatic ring is 1. The molecule has 0 amide bonds. The fraction of sp³-hybridized carbons (Fsp3) is 0.565. The third-order valence-corrected chi connectivity index (χ3v) is 6.31. The van der Waals surface area contributed by atoms with Gasteiger partial charge >= 0.3 is 0 Å². The van der Waals surface area contributed by atoms with Gasteiger partial charge in [0.25, 0.3) is 0 Å². The number of rotatable bonds is 5. The van der Waals surface area contributed by atoms with Crippen molar-refractivity contribution in [3.05, 3.63) is 47.9 Å². The van der Waals surface area contributed by atoms with E-state index < -0.39 is 0 Å². The zero-order chi connectivity index (χ0) is 17.8. The minimum absolute atomic E-state index is 0.696. The lowest BCUT2D eigenvalue weighted by Crippen LogP contribution is -2.45. The summed E-state index contributed by atoms with van der Waals surface area (Å²) in [6.45, 7) is 0. The molecule has 26 heavy (non-hydrogen) atoms. The van der Waals surface area contributed by atoms with E-state index in [9.17, 15) is 0 Å². The molecule has 140 valence electrons. The van der Waals surface area contributed by atoms with E-state index in [1.54, 1.807) is 6.26 Å². The van der Waals surface area contributed by atoms with Crippen LogP contribution in [-0.2, 0) is 6.42 Å². The number of anilines is 2. The average molecular weight is 353 g/mol. The second-order valence-electron chi connectivity index (χ2n) is 8.13. The Hall–Kier alpha value is -1.90. The van der Waals surface area contributed by atoms with E-state index in [0.29, 0.717) is 12.1 Å². The summed E-state index contributed by atoms with van der Waals surface area (Å²) in [5.41, 5.74) is 9.87. The fourth-order valence-electron chi connectivity index (χ4n) is 4.94. The Balaban J connectivity index is 1.58. The van der Waals surface area contributed by atoms with Crippen molar-refractivity contribution in [2.75, 3.05) is 10.6 Å². The topological polar surface area (TPSA) is 42.4 Å². The minimum Gasteiger partial charge on any atom is -0.469 e. The Morgan fingerprint density at radius 1 is 0.885 bits per heavy atom. The number of hydrogen-bond acceptors (Lipinski definition) is 3. The van der Waals surface area contributed by atoms with Crippen molar-refractivity contribution in [2.45, 2.75) is 82.7 Å². The van der Waals surface area contributed by atoms with Gasteiger partial charge in [0.1, 0.15) is 5.76 Å². The molecular formula is C23H32N2O. The summed E-state index contributed by atoms with van der Waals surface area (Å²) in [6.07, 6.45) is 16.2. The SMILES string of the molecule is Nc1cc(N(C2CCCCC2)C2CCCCC2)ccc1Cc1ccco1. The summed E-state index contributed by atoms with van der Waals surface area (Å²) in [5, 5.41) is 0. The van der Waals surface area contributed by atoms with E-state index >= 15 is 0 Å². The van der Waals surface area contributed by atoms with Crippen LogP contribution in [-0.4, -0.2) is 12.1 Å². The summed E-state index contributed by atoms with van der Waals surface area (Å²) < 4.78 is 5.49. The van der Waals surface area contributed by atoms with Crippen LogP contribution in [0.5, 0.6) is 0 Å². The fourth-order valence-corrected chi connectivity index (χ4v) is 4.94. The van der Waals surface area contributed by atoms with Gasteiger partial charge in [-0.05, 0) is 55.5 Å². The third-order valence-electron chi connectivity index (χ3n) is 6.31. The molecule has 1 heterocycles. The second-order valence-corrected chi connectivity index (χ2v) is 8.13. The molecule has 0 bridgehead atoms. The molecule has 0 unspecified atom stereocenters. The smallest absolute Gasteiger partial charge is 0.108 e. The first-order valence-corrected chi connectivity index (χ1v) is 10.5. The van der Waals surface area contributed by atoms with Crippen molar-refractivity contribution in [1.29, 1.82) is 0 Å². The number of nitrogens with zero attached hydrogens (tertiary/aromatic N) is 1. The van der Waals surface area contributed by atoms with Crippen molar-refractivity contribution in [3.8, 4) is 0 Å². The molecule has 4 rings (SSSR count). The third kappa shape index (κ3) is 3.92. The van der Waals surface area contributed by atoms with Gasteiger partial charge in [0.15, 0.2) is 0 Å².